The predicted octanol–water partition coefficient (Wildman–Crippen LogP) is 3.15. The summed E-state index contributed by atoms with van der Waals surface area (Å²) in [5.41, 5.74) is 0.000476. The van der Waals surface area contributed by atoms with Crippen molar-refractivity contribution in [3.05, 3.63) is 0 Å². The molecule has 1 unspecified atom stereocenters. The molecule has 0 amide bonds. The van der Waals surface area contributed by atoms with Crippen LogP contribution in [0, 0.1) is 11.3 Å². The highest BCUT2D eigenvalue weighted by atomic mass is 16.3. The van der Waals surface area contributed by atoms with Gasteiger partial charge in [0.2, 0.25) is 0 Å². The van der Waals surface area contributed by atoms with E-state index in [1.165, 1.54) is 0 Å². The van der Waals surface area contributed by atoms with Crippen LogP contribution in [0.4, 0.5) is 0 Å². The third-order valence-corrected chi connectivity index (χ3v) is 3.02. The molecule has 0 aromatic rings. The maximum atomic E-state index is 10.0. The lowest BCUT2D eigenvalue weighted by molar-refractivity contribution is 0.0407. The Morgan fingerprint density at radius 2 is 1.56 bits per heavy atom. The van der Waals surface area contributed by atoms with Crippen LogP contribution in [0.25, 0.3) is 0 Å². The average Bonchev–Trinajstić information content (AvgIpc) is 2.08. The summed E-state index contributed by atoms with van der Waals surface area (Å²) in [6.07, 6.45) is 0.662. The molecule has 0 aliphatic rings. The quantitative estimate of drug-likeness (QED) is 0.756. The minimum absolute atomic E-state index is 0.000476. The summed E-state index contributed by atoms with van der Waals surface area (Å²) >= 11 is 0. The molecule has 0 saturated carbocycles. The van der Waals surface area contributed by atoms with Gasteiger partial charge in [-0.05, 0) is 31.6 Å². The van der Waals surface area contributed by atoms with Crippen molar-refractivity contribution >= 4 is 0 Å². The first-order valence-electron chi connectivity index (χ1n) is 6.56. The monoisotopic (exact) mass is 229 g/mol. The van der Waals surface area contributed by atoms with E-state index in [2.05, 4.69) is 53.4 Å². The van der Waals surface area contributed by atoms with Crippen LogP contribution in [0.1, 0.15) is 54.9 Å². The van der Waals surface area contributed by atoms with Crippen LogP contribution in [-0.4, -0.2) is 35.2 Å². The smallest absolute Gasteiger partial charge is 0.0600 e. The third-order valence-electron chi connectivity index (χ3n) is 3.02. The number of hydrogen-bond acceptors (Lipinski definition) is 2. The van der Waals surface area contributed by atoms with Crippen molar-refractivity contribution in [1.29, 1.82) is 0 Å². The topological polar surface area (TPSA) is 23.5 Å². The van der Waals surface area contributed by atoms with Gasteiger partial charge in [0.25, 0.3) is 0 Å². The molecule has 0 aromatic heterocycles. The van der Waals surface area contributed by atoms with E-state index in [4.69, 9.17) is 0 Å². The summed E-state index contributed by atoms with van der Waals surface area (Å²) in [4.78, 5) is 2.46. The number of aliphatic hydroxyl groups is 1. The van der Waals surface area contributed by atoms with Crippen LogP contribution < -0.4 is 0 Å². The largest absolute Gasteiger partial charge is 0.393 e. The highest BCUT2D eigenvalue weighted by Crippen LogP contribution is 2.22. The molecule has 2 nitrogen and oxygen atoms in total. The zero-order valence-electron chi connectivity index (χ0n) is 12.2. The van der Waals surface area contributed by atoms with Gasteiger partial charge in [-0.3, -0.25) is 0 Å². The van der Waals surface area contributed by atoms with E-state index in [9.17, 15) is 5.11 Å². The molecule has 16 heavy (non-hydrogen) atoms. The van der Waals surface area contributed by atoms with E-state index in [-0.39, 0.29) is 11.5 Å². The number of hydrogen-bond donors (Lipinski definition) is 1. The molecular weight excluding hydrogens is 198 g/mol. The van der Waals surface area contributed by atoms with Gasteiger partial charge < -0.3 is 10.0 Å². The molecule has 0 fully saturated rings. The molecule has 1 N–H and O–H groups in total. The molecule has 98 valence electrons. The summed E-state index contributed by atoms with van der Waals surface area (Å²) in [6, 6.07) is 0.564. The van der Waals surface area contributed by atoms with Crippen molar-refractivity contribution < 1.29 is 5.11 Å². The molecule has 0 bridgehead atoms. The van der Waals surface area contributed by atoms with Crippen LogP contribution in [0.3, 0.4) is 0 Å². The molecule has 0 aliphatic heterocycles. The van der Waals surface area contributed by atoms with Crippen molar-refractivity contribution in [3.8, 4) is 0 Å². The van der Waals surface area contributed by atoms with Gasteiger partial charge >= 0.3 is 0 Å². The molecule has 0 aliphatic carbocycles. The molecule has 1 atom stereocenters. The summed E-state index contributed by atoms with van der Waals surface area (Å²) in [5.74, 6) is 0.689. The minimum atomic E-state index is -0.207. The molecule has 0 heterocycles. The molecule has 2 heteroatoms. The lowest BCUT2D eigenvalue weighted by Gasteiger charge is -2.32. The van der Waals surface area contributed by atoms with Gasteiger partial charge in [0.15, 0.2) is 0 Å². The standard InChI is InChI=1S/C14H31NO/c1-11(2)10-15(12(3)4)9-8-13(16)14(5,6)7/h11-13,16H,8-10H2,1-7H3. The maximum absolute atomic E-state index is 10.0. The first kappa shape index (κ1) is 15.9. The highest BCUT2D eigenvalue weighted by Gasteiger charge is 2.23. The van der Waals surface area contributed by atoms with Crippen LogP contribution in [0.2, 0.25) is 0 Å². The van der Waals surface area contributed by atoms with Crippen LogP contribution in [-0.2, 0) is 0 Å². The second kappa shape index (κ2) is 6.61. The Labute approximate surface area is 102 Å². The van der Waals surface area contributed by atoms with Crippen LogP contribution in [0.5, 0.6) is 0 Å². The Bertz CT molecular complexity index is 182. The predicted molar refractivity (Wildman–Crippen MR) is 71.6 cm³/mol. The van der Waals surface area contributed by atoms with Gasteiger partial charge in [0.05, 0.1) is 6.10 Å². The van der Waals surface area contributed by atoms with Gasteiger partial charge in [0, 0.05) is 19.1 Å². The highest BCUT2D eigenvalue weighted by molar-refractivity contribution is 4.75. The second-order valence-corrected chi connectivity index (χ2v) is 6.65. The van der Waals surface area contributed by atoms with E-state index >= 15 is 0 Å². The summed E-state index contributed by atoms with van der Waals surface area (Å²) in [7, 11) is 0. The molecule has 0 saturated heterocycles. The van der Waals surface area contributed by atoms with E-state index < -0.39 is 0 Å². The normalized spacial score (nSPS) is 15.2. The summed E-state index contributed by atoms with van der Waals surface area (Å²) in [6.45, 7) is 17.4. The average molecular weight is 229 g/mol. The Balaban J connectivity index is 4.12. The van der Waals surface area contributed by atoms with E-state index in [0.29, 0.717) is 12.0 Å². The van der Waals surface area contributed by atoms with Gasteiger partial charge in [-0.2, -0.15) is 0 Å². The summed E-state index contributed by atoms with van der Waals surface area (Å²) < 4.78 is 0. The lowest BCUT2D eigenvalue weighted by Crippen LogP contribution is -2.38. The molecule has 0 aromatic carbocycles. The number of rotatable bonds is 6. The number of nitrogens with zero attached hydrogens (tertiary/aromatic N) is 1. The third kappa shape index (κ3) is 6.49. The van der Waals surface area contributed by atoms with Crippen molar-refractivity contribution in [2.75, 3.05) is 13.1 Å². The van der Waals surface area contributed by atoms with Crippen molar-refractivity contribution in [1.82, 2.24) is 4.90 Å². The fraction of sp³-hybridized carbons (Fsp3) is 1.00. The second-order valence-electron chi connectivity index (χ2n) is 6.65. The minimum Gasteiger partial charge on any atom is -0.393 e. The lowest BCUT2D eigenvalue weighted by atomic mass is 9.87. The maximum Gasteiger partial charge on any atom is 0.0600 e. The van der Waals surface area contributed by atoms with E-state index in [0.717, 1.165) is 19.5 Å². The zero-order valence-corrected chi connectivity index (χ0v) is 12.2. The summed E-state index contributed by atoms with van der Waals surface area (Å²) in [5, 5.41) is 10.0. The Morgan fingerprint density at radius 3 is 1.88 bits per heavy atom. The molecule has 0 rings (SSSR count). The molecule has 0 spiro atoms. The fourth-order valence-corrected chi connectivity index (χ4v) is 1.75. The Hall–Kier alpha value is -0.0800. The Kier molecular flexibility index (Phi) is 6.57. The van der Waals surface area contributed by atoms with Crippen molar-refractivity contribution in [3.63, 3.8) is 0 Å². The SMILES string of the molecule is CC(C)CN(CCC(O)C(C)(C)C)C(C)C. The Morgan fingerprint density at radius 1 is 1.06 bits per heavy atom. The van der Waals surface area contributed by atoms with Gasteiger partial charge in [-0.15, -0.1) is 0 Å². The van der Waals surface area contributed by atoms with Crippen LogP contribution >= 0.6 is 0 Å². The van der Waals surface area contributed by atoms with Crippen LogP contribution in [0.15, 0.2) is 0 Å². The first-order valence-corrected chi connectivity index (χ1v) is 6.56. The van der Waals surface area contributed by atoms with Crippen molar-refractivity contribution in [2.24, 2.45) is 11.3 Å². The van der Waals surface area contributed by atoms with E-state index in [1.807, 2.05) is 0 Å². The van der Waals surface area contributed by atoms with Gasteiger partial charge in [0.1, 0.15) is 0 Å². The zero-order chi connectivity index (χ0) is 12.9. The molecule has 0 radical (unpaired) electrons. The number of aliphatic hydroxyl groups excluding tert-OH is 1. The van der Waals surface area contributed by atoms with Gasteiger partial charge in [-0.25, -0.2) is 0 Å². The molecular formula is C14H31NO. The first-order chi connectivity index (χ1) is 7.14. The fourth-order valence-electron chi connectivity index (χ4n) is 1.75. The van der Waals surface area contributed by atoms with Crippen molar-refractivity contribution in [2.45, 2.75) is 67.0 Å². The van der Waals surface area contributed by atoms with E-state index in [1.54, 1.807) is 0 Å². The van der Waals surface area contributed by atoms with Gasteiger partial charge in [-0.1, -0.05) is 34.6 Å².